The molecule has 0 amide bonds. The molecule has 0 aliphatic carbocycles. The number of hydrogen-bond donors (Lipinski definition) is 2. The van der Waals surface area contributed by atoms with E-state index in [1.807, 2.05) is 64.2 Å². The van der Waals surface area contributed by atoms with Crippen LogP contribution in [0.1, 0.15) is 23.5 Å². The number of thiocarbonyl (C=S) groups is 1. The lowest BCUT2D eigenvalue weighted by atomic mass is 10.0. The van der Waals surface area contributed by atoms with Crippen LogP contribution in [0, 0.1) is 5.82 Å². The molecule has 1 aliphatic rings. The predicted octanol–water partition coefficient (Wildman–Crippen LogP) is 4.89. The standard InChI is InChI=1S/C24H19FN4OS/c25-16-5-3-6-18(15-16)28-14-4-8-21(28)23-22(20-7-1-2-13-26-20)27-24(31)29(23)17-9-11-19(30)12-10-17/h1-15,22-23,30H,(H,27,31)/t22-,23-/m0/s1. The van der Waals surface area contributed by atoms with Gasteiger partial charge in [0.05, 0.1) is 11.7 Å². The molecule has 0 spiro atoms. The Bertz CT molecular complexity index is 1230. The summed E-state index contributed by atoms with van der Waals surface area (Å²) >= 11 is 5.72. The Morgan fingerprint density at radius 2 is 1.77 bits per heavy atom. The second-order valence-electron chi connectivity index (χ2n) is 7.30. The highest BCUT2D eigenvalue weighted by molar-refractivity contribution is 7.80. The number of halogens is 1. The molecule has 0 bridgehead atoms. The summed E-state index contributed by atoms with van der Waals surface area (Å²) in [6.45, 7) is 0. The molecule has 31 heavy (non-hydrogen) atoms. The van der Waals surface area contributed by atoms with Gasteiger partial charge < -0.3 is 19.9 Å². The zero-order valence-electron chi connectivity index (χ0n) is 16.4. The summed E-state index contributed by atoms with van der Waals surface area (Å²) in [6, 6.07) is 22.7. The third kappa shape index (κ3) is 3.53. The van der Waals surface area contributed by atoms with Gasteiger partial charge in [0.1, 0.15) is 17.6 Å². The number of anilines is 1. The molecule has 5 rings (SSSR count). The van der Waals surface area contributed by atoms with E-state index in [0.717, 1.165) is 22.8 Å². The van der Waals surface area contributed by atoms with Gasteiger partial charge in [0.15, 0.2) is 5.11 Å². The first-order chi connectivity index (χ1) is 15.1. The minimum Gasteiger partial charge on any atom is -0.508 e. The van der Waals surface area contributed by atoms with Gasteiger partial charge in [-0.3, -0.25) is 4.98 Å². The number of aromatic nitrogens is 2. The molecule has 0 saturated carbocycles. The van der Waals surface area contributed by atoms with Gasteiger partial charge in [-0.25, -0.2) is 4.39 Å². The van der Waals surface area contributed by atoms with E-state index < -0.39 is 0 Å². The van der Waals surface area contributed by atoms with Crippen LogP contribution < -0.4 is 10.2 Å². The van der Waals surface area contributed by atoms with Crippen LogP contribution in [0.2, 0.25) is 0 Å². The van der Waals surface area contributed by atoms with Crippen LogP contribution >= 0.6 is 12.2 Å². The fourth-order valence-electron chi connectivity index (χ4n) is 4.04. The number of nitrogens with one attached hydrogen (secondary N) is 1. The maximum atomic E-state index is 14.0. The topological polar surface area (TPSA) is 53.3 Å². The van der Waals surface area contributed by atoms with Gasteiger partial charge >= 0.3 is 0 Å². The molecule has 1 aliphatic heterocycles. The smallest absolute Gasteiger partial charge is 0.174 e. The van der Waals surface area contributed by atoms with Crippen LogP contribution in [-0.2, 0) is 0 Å². The summed E-state index contributed by atoms with van der Waals surface area (Å²) in [4.78, 5) is 6.57. The molecule has 7 heteroatoms. The van der Waals surface area contributed by atoms with Gasteiger partial charge in [-0.1, -0.05) is 12.1 Å². The minimum atomic E-state index is -0.297. The van der Waals surface area contributed by atoms with Gasteiger partial charge in [0, 0.05) is 29.5 Å². The second-order valence-corrected chi connectivity index (χ2v) is 7.68. The van der Waals surface area contributed by atoms with Crippen LogP contribution in [0.4, 0.5) is 10.1 Å². The van der Waals surface area contributed by atoms with E-state index in [-0.39, 0.29) is 23.7 Å². The van der Waals surface area contributed by atoms with E-state index in [9.17, 15) is 9.50 Å². The van der Waals surface area contributed by atoms with Crippen molar-refractivity contribution in [3.05, 3.63) is 108 Å². The number of aromatic hydroxyl groups is 1. The number of rotatable bonds is 4. The SMILES string of the molecule is Oc1ccc(N2C(=S)N[C@@H](c3ccccn3)[C@@H]2c2cccn2-c2cccc(F)c2)cc1. The van der Waals surface area contributed by atoms with Gasteiger partial charge in [-0.2, -0.15) is 0 Å². The van der Waals surface area contributed by atoms with E-state index in [1.165, 1.54) is 12.1 Å². The number of phenols is 1. The van der Waals surface area contributed by atoms with Crippen molar-refractivity contribution in [2.75, 3.05) is 4.90 Å². The third-order valence-corrected chi connectivity index (χ3v) is 5.71. The third-order valence-electron chi connectivity index (χ3n) is 5.40. The molecule has 3 heterocycles. The molecule has 1 saturated heterocycles. The van der Waals surface area contributed by atoms with Crippen molar-refractivity contribution >= 4 is 23.0 Å². The Labute approximate surface area is 184 Å². The molecule has 0 unspecified atom stereocenters. The van der Waals surface area contributed by atoms with Crippen molar-refractivity contribution in [3.8, 4) is 11.4 Å². The maximum Gasteiger partial charge on any atom is 0.174 e. The van der Waals surface area contributed by atoms with E-state index in [0.29, 0.717) is 5.11 Å². The summed E-state index contributed by atoms with van der Waals surface area (Å²) in [5, 5.41) is 13.7. The Hall–Kier alpha value is -3.71. The fraction of sp³-hybridized carbons (Fsp3) is 0.0833. The highest BCUT2D eigenvalue weighted by atomic mass is 32.1. The van der Waals surface area contributed by atoms with Crippen molar-refractivity contribution in [2.24, 2.45) is 0 Å². The average Bonchev–Trinajstić information content (AvgIpc) is 3.39. The van der Waals surface area contributed by atoms with Crippen molar-refractivity contribution in [3.63, 3.8) is 0 Å². The first-order valence-corrected chi connectivity index (χ1v) is 10.3. The van der Waals surface area contributed by atoms with Crippen LogP contribution in [0.5, 0.6) is 5.75 Å². The molecule has 2 atom stereocenters. The van der Waals surface area contributed by atoms with E-state index >= 15 is 0 Å². The minimum absolute atomic E-state index is 0.183. The summed E-state index contributed by atoms with van der Waals surface area (Å²) < 4.78 is 15.9. The molecule has 2 aromatic carbocycles. The Morgan fingerprint density at radius 1 is 0.935 bits per heavy atom. The quantitative estimate of drug-likeness (QED) is 0.452. The Morgan fingerprint density at radius 3 is 2.52 bits per heavy atom. The van der Waals surface area contributed by atoms with E-state index in [1.54, 1.807) is 24.4 Å². The lowest BCUT2D eigenvalue weighted by Crippen LogP contribution is -2.30. The summed E-state index contributed by atoms with van der Waals surface area (Å²) in [6.07, 6.45) is 3.67. The lowest BCUT2D eigenvalue weighted by molar-refractivity contribution is 0.475. The molecule has 154 valence electrons. The summed E-state index contributed by atoms with van der Waals surface area (Å²) in [5.41, 5.74) is 3.35. The molecule has 1 fully saturated rings. The molecular weight excluding hydrogens is 411 g/mol. The van der Waals surface area contributed by atoms with Crippen LogP contribution in [-0.4, -0.2) is 19.8 Å². The average molecular weight is 431 g/mol. The van der Waals surface area contributed by atoms with Crippen LogP contribution in [0.15, 0.2) is 91.3 Å². The van der Waals surface area contributed by atoms with E-state index in [4.69, 9.17) is 12.2 Å². The molecule has 5 nitrogen and oxygen atoms in total. The number of benzene rings is 2. The van der Waals surface area contributed by atoms with Gasteiger partial charge in [0.2, 0.25) is 0 Å². The van der Waals surface area contributed by atoms with Crippen LogP contribution in [0.25, 0.3) is 5.69 Å². The normalized spacial score (nSPS) is 18.2. The highest BCUT2D eigenvalue weighted by Gasteiger charge is 2.42. The first-order valence-electron chi connectivity index (χ1n) is 9.85. The van der Waals surface area contributed by atoms with Crippen LogP contribution in [0.3, 0.4) is 0 Å². The number of phenolic OH excluding ortho intramolecular Hbond substituents is 1. The fourth-order valence-corrected chi connectivity index (χ4v) is 4.39. The highest BCUT2D eigenvalue weighted by Crippen LogP contribution is 2.42. The van der Waals surface area contributed by atoms with Crippen molar-refractivity contribution < 1.29 is 9.50 Å². The first kappa shape index (κ1) is 19.3. The zero-order valence-corrected chi connectivity index (χ0v) is 17.2. The van der Waals surface area contributed by atoms with Gasteiger partial charge in [0.25, 0.3) is 0 Å². The van der Waals surface area contributed by atoms with Gasteiger partial charge in [-0.05, 0) is 78.9 Å². The van der Waals surface area contributed by atoms with E-state index in [2.05, 4.69) is 10.3 Å². The maximum absolute atomic E-state index is 14.0. The van der Waals surface area contributed by atoms with Gasteiger partial charge in [-0.15, -0.1) is 0 Å². The number of nitrogens with zero attached hydrogens (tertiary/aromatic N) is 3. The lowest BCUT2D eigenvalue weighted by Gasteiger charge is -2.29. The molecular formula is C24H19FN4OS. The predicted molar refractivity (Wildman–Crippen MR) is 122 cm³/mol. The molecule has 2 aromatic heterocycles. The number of hydrogen-bond acceptors (Lipinski definition) is 3. The molecule has 2 N–H and O–H groups in total. The number of pyridine rings is 1. The van der Waals surface area contributed by atoms with Crippen molar-refractivity contribution in [1.82, 2.24) is 14.9 Å². The summed E-state index contributed by atoms with van der Waals surface area (Å²) in [5.74, 6) is -0.114. The largest absolute Gasteiger partial charge is 0.508 e. The van der Waals surface area contributed by atoms with Crippen molar-refractivity contribution in [2.45, 2.75) is 12.1 Å². The molecule has 4 aromatic rings. The molecule has 0 radical (unpaired) electrons. The Balaban J connectivity index is 1.67. The zero-order chi connectivity index (χ0) is 21.4. The second kappa shape index (κ2) is 7.85. The van der Waals surface area contributed by atoms with Crippen molar-refractivity contribution in [1.29, 1.82) is 0 Å². The monoisotopic (exact) mass is 430 g/mol. The Kier molecular flexibility index (Phi) is 4.88. The summed E-state index contributed by atoms with van der Waals surface area (Å²) in [7, 11) is 0.